The van der Waals surface area contributed by atoms with E-state index in [-0.39, 0.29) is 70.6 Å². The number of carbonyl (C=O) groups is 1. The van der Waals surface area contributed by atoms with Crippen molar-refractivity contribution >= 4 is 16.6 Å². The topological polar surface area (TPSA) is 50.2 Å². The molecule has 1 radical (unpaired) electrons. The fourth-order valence-corrected chi connectivity index (χ4v) is 11.3. The van der Waals surface area contributed by atoms with Crippen LogP contribution in [-0.2, 0) is 59.4 Å². The number of hydrogen-bond donors (Lipinski definition) is 1. The van der Waals surface area contributed by atoms with Crippen LogP contribution in [0.3, 0.4) is 0 Å². The van der Waals surface area contributed by atoms with Crippen molar-refractivity contribution in [1.29, 1.82) is 0 Å². The molecule has 0 bridgehead atoms. The summed E-state index contributed by atoms with van der Waals surface area (Å²) in [6, 6.07) is 24.4. The van der Waals surface area contributed by atoms with Crippen molar-refractivity contribution in [3.63, 3.8) is 0 Å². The summed E-state index contributed by atoms with van der Waals surface area (Å²) in [5.74, 6) is 0.547. The van der Waals surface area contributed by atoms with Gasteiger partial charge in [0.2, 0.25) is 0 Å². The van der Waals surface area contributed by atoms with Crippen molar-refractivity contribution in [2.24, 2.45) is 17.3 Å². The summed E-state index contributed by atoms with van der Waals surface area (Å²) >= 11 is 0. The largest absolute Gasteiger partial charge is 0.512 e. The van der Waals surface area contributed by atoms with E-state index in [0.717, 1.165) is 50.6 Å². The average Bonchev–Trinajstić information content (AvgIpc) is 3.65. The van der Waals surface area contributed by atoms with E-state index in [4.69, 9.17) is 4.98 Å². The molecule has 291 valence electrons. The first kappa shape index (κ1) is 42.1. The summed E-state index contributed by atoms with van der Waals surface area (Å²) < 4.78 is 0. The number of carbonyl (C=O) groups excluding carboxylic acids is 1. The molecule has 0 saturated carbocycles. The fourth-order valence-electron chi connectivity index (χ4n) is 11.3. The maximum atomic E-state index is 11.7. The second-order valence-corrected chi connectivity index (χ2v) is 18.8. The number of ketones is 1. The Kier molecular flexibility index (Phi) is 11.8. The normalized spacial score (nSPS) is 19.3. The number of hydrogen-bond acceptors (Lipinski definition) is 3. The van der Waals surface area contributed by atoms with Gasteiger partial charge in [0.1, 0.15) is 0 Å². The van der Waals surface area contributed by atoms with Gasteiger partial charge in [0, 0.05) is 49.9 Å². The molecule has 1 heterocycles. The Bertz CT molecular complexity index is 2030. The van der Waals surface area contributed by atoms with Crippen LogP contribution in [0.2, 0.25) is 0 Å². The zero-order valence-corrected chi connectivity index (χ0v) is 37.5. The minimum absolute atomic E-state index is 0. The van der Waals surface area contributed by atoms with Crippen molar-refractivity contribution < 1.29 is 30.0 Å². The molecule has 3 aromatic carbocycles. The quantitative estimate of drug-likeness (QED) is 0.109. The first-order chi connectivity index (χ1) is 24.9. The van der Waals surface area contributed by atoms with Crippen LogP contribution in [0, 0.1) is 23.3 Å². The molecule has 3 nitrogen and oxygen atoms in total. The van der Waals surface area contributed by atoms with Gasteiger partial charge in [-0.1, -0.05) is 154 Å². The number of nitrogens with zero attached hydrogens (tertiary/aromatic N) is 1. The number of aliphatic hydroxyl groups excluding tert-OH is 1. The van der Waals surface area contributed by atoms with Gasteiger partial charge in [-0.25, -0.2) is 0 Å². The average molecular weight is 903 g/mol. The molecule has 0 saturated heterocycles. The summed E-state index contributed by atoms with van der Waals surface area (Å²) in [5.41, 5.74) is 11.5. The second kappa shape index (κ2) is 15.1. The molecular formula is C50H64IrNO2-. The van der Waals surface area contributed by atoms with E-state index < -0.39 is 0 Å². The van der Waals surface area contributed by atoms with Gasteiger partial charge in [0.15, 0.2) is 5.78 Å². The molecule has 0 unspecified atom stereocenters. The van der Waals surface area contributed by atoms with Gasteiger partial charge in [0.05, 0.1) is 5.76 Å². The molecule has 3 aliphatic rings. The van der Waals surface area contributed by atoms with E-state index >= 15 is 0 Å². The minimum Gasteiger partial charge on any atom is -0.512 e. The molecule has 1 N–H and O–H groups in total. The molecule has 0 amide bonds. The van der Waals surface area contributed by atoms with Crippen LogP contribution in [0.1, 0.15) is 149 Å². The number of aromatic nitrogens is 1. The van der Waals surface area contributed by atoms with E-state index in [1.807, 2.05) is 27.7 Å². The van der Waals surface area contributed by atoms with Crippen molar-refractivity contribution in [2.75, 3.05) is 0 Å². The first-order valence-electron chi connectivity index (χ1n) is 20.4. The summed E-state index contributed by atoms with van der Waals surface area (Å²) in [4.78, 5) is 16.9. The van der Waals surface area contributed by atoms with Crippen LogP contribution in [0.5, 0.6) is 0 Å². The van der Waals surface area contributed by atoms with E-state index in [1.165, 1.54) is 55.8 Å². The van der Waals surface area contributed by atoms with Gasteiger partial charge in [0.25, 0.3) is 0 Å². The Morgan fingerprint density at radius 3 is 1.85 bits per heavy atom. The standard InChI is InChI=1S/C37H40N.C13H24O2.Ir/c1-33(2)22-34(3,4)29-21-38-30(18-28(29)33)27-17-23-13-11-12-16-26(23)31-32(27)36(7,8)37(35(31,5)6)19-24-14-9-10-15-25(24)20-37;1-5-10(6-2)12(14)9-13(15)11(7-3)8-4;/h9-16,18,21H,19-20,22H2,1-8H3;9-11,14H,5-8H2,1-4H3;/q-1;;/b;12-9-;. The Labute approximate surface area is 340 Å². The van der Waals surface area contributed by atoms with E-state index in [2.05, 4.69) is 122 Å². The van der Waals surface area contributed by atoms with Crippen LogP contribution >= 0.6 is 0 Å². The number of allylic oxidation sites excluding steroid dienone is 2. The molecule has 0 aliphatic heterocycles. The Morgan fingerprint density at radius 2 is 1.28 bits per heavy atom. The molecule has 4 heteroatoms. The Morgan fingerprint density at radius 1 is 0.759 bits per heavy atom. The van der Waals surface area contributed by atoms with Crippen LogP contribution < -0.4 is 0 Å². The molecule has 3 aliphatic carbocycles. The molecule has 4 aromatic rings. The molecular weight excluding hydrogens is 839 g/mol. The summed E-state index contributed by atoms with van der Waals surface area (Å²) in [5, 5.41) is 12.3. The second-order valence-electron chi connectivity index (χ2n) is 18.8. The maximum Gasteiger partial charge on any atom is 0.162 e. The van der Waals surface area contributed by atoms with Gasteiger partial charge in [-0.05, 0) is 94.3 Å². The van der Waals surface area contributed by atoms with Crippen LogP contribution in [0.4, 0.5) is 0 Å². The van der Waals surface area contributed by atoms with E-state index in [0.29, 0.717) is 0 Å². The molecule has 1 spiro atoms. The SMILES string of the molecule is CC1(C)CC(C)(C)c2cc(-c3[c-]c4ccccc4c4c3C(C)(C)C3(Cc5ccccc5C3)C4(C)C)ncc21.CCC(CC)C(=O)/C=C(\O)C(CC)CC.[Ir]. The van der Waals surface area contributed by atoms with Crippen molar-refractivity contribution in [1.82, 2.24) is 4.98 Å². The first-order valence-corrected chi connectivity index (χ1v) is 20.4. The summed E-state index contributed by atoms with van der Waals surface area (Å²) in [6.07, 6.45) is 10.5. The van der Waals surface area contributed by atoms with Gasteiger partial charge in [-0.2, -0.15) is 0 Å². The Hall–Kier alpha value is -3.07. The predicted molar refractivity (Wildman–Crippen MR) is 223 cm³/mol. The number of pyridine rings is 1. The minimum atomic E-state index is -0.0454. The van der Waals surface area contributed by atoms with Crippen molar-refractivity contribution in [3.05, 3.63) is 112 Å². The third kappa shape index (κ3) is 6.66. The van der Waals surface area contributed by atoms with Gasteiger partial charge in [-0.15, -0.1) is 17.5 Å². The van der Waals surface area contributed by atoms with Crippen LogP contribution in [-0.4, -0.2) is 15.9 Å². The predicted octanol–water partition coefficient (Wildman–Crippen LogP) is 12.9. The fraction of sp³-hybridized carbons (Fsp3) is 0.520. The number of aliphatic hydroxyl groups is 1. The van der Waals surface area contributed by atoms with Crippen molar-refractivity contribution in [3.8, 4) is 11.3 Å². The summed E-state index contributed by atoms with van der Waals surface area (Å²) in [6.45, 7) is 27.7. The zero-order chi connectivity index (χ0) is 38.7. The number of fused-ring (bicyclic) bond motifs is 5. The number of benzene rings is 3. The third-order valence-electron chi connectivity index (χ3n) is 14.3. The van der Waals surface area contributed by atoms with Crippen LogP contribution in [0.25, 0.3) is 22.0 Å². The summed E-state index contributed by atoms with van der Waals surface area (Å²) in [7, 11) is 0. The molecule has 1 aromatic heterocycles. The zero-order valence-electron chi connectivity index (χ0n) is 35.1. The van der Waals surface area contributed by atoms with Crippen LogP contribution in [0.15, 0.2) is 72.6 Å². The Balaban J connectivity index is 0.000000301. The van der Waals surface area contributed by atoms with Gasteiger partial charge < -0.3 is 5.11 Å². The van der Waals surface area contributed by atoms with E-state index in [9.17, 15) is 9.90 Å². The van der Waals surface area contributed by atoms with Gasteiger partial charge >= 0.3 is 0 Å². The maximum absolute atomic E-state index is 11.7. The van der Waals surface area contributed by atoms with Gasteiger partial charge in [-0.3, -0.25) is 9.78 Å². The monoisotopic (exact) mass is 903 g/mol. The molecule has 0 atom stereocenters. The molecule has 54 heavy (non-hydrogen) atoms. The molecule has 0 fully saturated rings. The van der Waals surface area contributed by atoms with Crippen molar-refractivity contribution in [2.45, 2.75) is 150 Å². The third-order valence-corrected chi connectivity index (χ3v) is 14.3. The smallest absolute Gasteiger partial charge is 0.162 e. The molecule has 7 rings (SSSR count). The number of rotatable bonds is 8. The van der Waals surface area contributed by atoms with E-state index in [1.54, 1.807) is 0 Å².